The van der Waals surface area contributed by atoms with Gasteiger partial charge in [-0.15, -0.1) is 0 Å². The standard InChI is InChI=1S/C26H27Cl2F3N4O2.C25H28ClF3N4O.C22H22Cl2F3N5O3S.C22H22Cl2F2N4O2/c1-13-7-21(26(29,30)31)33-24-18(13)9-17(34(24)4)10-19-22(27)20(11-32-23(19)28)25(37)35-6-5-16(8-15(3)36)14(2)12-35;1-5-16-6-8-33(9-7-16)24(34)20-13-30-15(3)19(22(20)26)12-17-11-18-14(2)10-21(25(27,28)29)31-23(18)32(17)4;1-12-8-17(22(25,26)27)29-20-14(12)9-13(30(20)2)10-15-18(23)16(11-28-19(15)24)21(33)31-4-6-32(7-5-31)36(3,34)35;1-12-8-17(22(2,25)26)28-20-14(12)9-13(29(20)3)10-15-18(23)16(11-27-19(15)24)21(31)30-4-6-32-7-5-30/h7,9,11,14,16H,5-6,8,10,12H2,1-4H3;10-11,13,16H,5-9,12H2,1-4H3;8-9,11H,4-7,10H2,1-3H3;8-9,11H,4-7,10H2,1-3H3/t14-,16-;;;/m1.../s1. The molecule has 0 aliphatic carbocycles. The van der Waals surface area contributed by atoms with Crippen LogP contribution in [0.15, 0.2) is 73.3 Å². The second-order valence-corrected chi connectivity index (χ2v) is 40.2. The van der Waals surface area contributed by atoms with Crippen LogP contribution in [0.4, 0.5) is 48.3 Å². The fraction of sp³-hybridized carbons (Fsp3) is 0.442. The average molecular weight is 2100 g/mol. The van der Waals surface area contributed by atoms with Crippen molar-refractivity contribution in [1.82, 2.24) is 82.0 Å². The number of nitrogens with zero attached hydrogens (tertiary/aromatic N) is 17. The number of rotatable bonds is 17. The molecule has 0 radical (unpaired) electrons. The number of pyridine rings is 8. The molecule has 0 aromatic carbocycles. The fourth-order valence-corrected chi connectivity index (χ4v) is 20.5. The van der Waals surface area contributed by atoms with Gasteiger partial charge in [0.05, 0.1) is 61.8 Å². The van der Waals surface area contributed by atoms with Gasteiger partial charge in [0.25, 0.3) is 29.6 Å². The van der Waals surface area contributed by atoms with Gasteiger partial charge in [-0.25, -0.2) is 43.3 Å². The number of piperazine rings is 1. The Hall–Kier alpha value is -9.96. The first-order valence-electron chi connectivity index (χ1n) is 44.3. The largest absolute Gasteiger partial charge is 0.433 e. The molecule has 2 atom stereocenters. The van der Waals surface area contributed by atoms with Crippen molar-refractivity contribution in [2.75, 3.05) is 84.9 Å². The van der Waals surface area contributed by atoms with Crippen molar-refractivity contribution in [3.8, 4) is 0 Å². The maximum absolute atomic E-state index is 13.9. The third-order valence-corrected chi connectivity index (χ3v) is 30.1. The number of alkyl halides is 11. The second kappa shape index (κ2) is 42.3. The van der Waals surface area contributed by atoms with Gasteiger partial charge in [-0.3, -0.25) is 24.2 Å². The highest BCUT2D eigenvalue weighted by molar-refractivity contribution is 7.88. The number of hydrogen-bond donors (Lipinski definition) is 0. The second-order valence-electron chi connectivity index (χ2n) is 35.6. The van der Waals surface area contributed by atoms with E-state index in [1.54, 1.807) is 98.4 Å². The van der Waals surface area contributed by atoms with E-state index in [1.165, 1.54) is 44.6 Å². The minimum Gasteiger partial charge on any atom is -0.378 e. The predicted molar refractivity (Wildman–Crippen MR) is 511 cm³/mol. The molecule has 4 amide bonds. The molecule has 4 aliphatic rings. The SMILES string of the molecule is CC(=O)C[C@H]1CCN(C(=O)c2cnc(Cl)c(Cc3cc4c(C)cc(C(F)(F)F)nc4n3C)c2Cl)C[C@H]1C.CCC1CCN(C(=O)c2cnc(C)c(Cc3cc4c(C)cc(C(F)(F)F)nc4n3C)c2Cl)CC1.Cc1cc(C(C)(F)F)nc2c1cc(Cc1c(Cl)ncc(C(=O)N3CCOCC3)c1Cl)n2C.Cc1cc(C(F)(F)F)nc2c1cc(Cc1c(Cl)ncc(C(=O)N3CCN(S(C)(=O)=O)CC3)c1Cl)n2C. The molecule has 16 heterocycles. The van der Waals surface area contributed by atoms with Gasteiger partial charge in [-0.05, 0) is 155 Å². The Labute approximate surface area is 829 Å². The number of ketones is 1. The van der Waals surface area contributed by atoms with E-state index in [-0.39, 0.29) is 151 Å². The summed E-state index contributed by atoms with van der Waals surface area (Å²) in [6.45, 7) is 20.0. The molecule has 139 heavy (non-hydrogen) atoms. The quantitative estimate of drug-likeness (QED) is 0.0605. The number of carbonyl (C=O) groups excluding carboxylic acids is 5. The summed E-state index contributed by atoms with van der Waals surface area (Å²) in [6.07, 6.45) is -1.89. The lowest BCUT2D eigenvalue weighted by molar-refractivity contribution is -0.141. The fourth-order valence-electron chi connectivity index (χ4n) is 17.7. The molecule has 0 unspecified atom stereocenters. The number of morpholine rings is 1. The molecular formula is C95H99Cl7F11N17O8S. The molecule has 16 rings (SSSR count). The smallest absolute Gasteiger partial charge is 0.378 e. The zero-order valence-electron chi connectivity index (χ0n) is 78.1. The average Bonchev–Trinajstić information content (AvgIpc) is 1.65. The number of halogens is 18. The predicted octanol–water partition coefficient (Wildman–Crippen LogP) is 21.0. The van der Waals surface area contributed by atoms with Crippen molar-refractivity contribution in [2.24, 2.45) is 45.9 Å². The van der Waals surface area contributed by atoms with Crippen molar-refractivity contribution in [2.45, 2.75) is 145 Å². The Kier molecular flexibility index (Phi) is 32.4. The van der Waals surface area contributed by atoms with Crippen molar-refractivity contribution in [3.63, 3.8) is 0 Å². The van der Waals surface area contributed by atoms with Crippen molar-refractivity contribution < 1.29 is 85.4 Å². The Morgan fingerprint density at radius 1 is 0.424 bits per heavy atom. The number of ether oxygens (including phenoxy) is 1. The van der Waals surface area contributed by atoms with Crippen molar-refractivity contribution in [3.05, 3.63) is 227 Å². The van der Waals surface area contributed by atoms with Crippen LogP contribution in [0.5, 0.6) is 0 Å². The monoisotopic (exact) mass is 2090 g/mol. The van der Waals surface area contributed by atoms with Crippen LogP contribution >= 0.6 is 81.2 Å². The molecule has 0 N–H and O–H groups in total. The molecular weight excluding hydrogens is 2000 g/mol. The van der Waals surface area contributed by atoms with Gasteiger partial charge in [0, 0.05) is 224 Å². The van der Waals surface area contributed by atoms with E-state index in [0.29, 0.717) is 165 Å². The molecule has 4 fully saturated rings. The zero-order valence-corrected chi connectivity index (χ0v) is 84.2. The van der Waals surface area contributed by atoms with Crippen LogP contribution in [0.2, 0.25) is 35.5 Å². The summed E-state index contributed by atoms with van der Waals surface area (Å²) >= 11 is 45.7. The molecule has 4 saturated heterocycles. The lowest BCUT2D eigenvalue weighted by Gasteiger charge is -2.36. The Morgan fingerprint density at radius 2 is 0.727 bits per heavy atom. The highest BCUT2D eigenvalue weighted by Gasteiger charge is 2.40. The Balaban J connectivity index is 0.000000156. The summed E-state index contributed by atoms with van der Waals surface area (Å²) in [4.78, 5) is 103. The lowest BCUT2D eigenvalue weighted by atomic mass is 9.83. The van der Waals surface area contributed by atoms with Gasteiger partial charge >= 0.3 is 18.5 Å². The number of aromatic nitrogens is 12. The summed E-state index contributed by atoms with van der Waals surface area (Å²) in [7, 11) is 3.30. The van der Waals surface area contributed by atoms with Crippen LogP contribution < -0.4 is 0 Å². The van der Waals surface area contributed by atoms with E-state index in [0.717, 1.165) is 73.8 Å². The van der Waals surface area contributed by atoms with Crippen LogP contribution in [-0.4, -0.2) is 205 Å². The number of fused-ring (bicyclic) bond motifs is 4. The maximum Gasteiger partial charge on any atom is 0.433 e. The summed E-state index contributed by atoms with van der Waals surface area (Å²) in [5.41, 5.74) is 6.25. The molecule has 12 aromatic heterocycles. The van der Waals surface area contributed by atoms with Crippen LogP contribution in [0.25, 0.3) is 44.1 Å². The van der Waals surface area contributed by atoms with Crippen LogP contribution in [0.1, 0.15) is 197 Å². The maximum atomic E-state index is 13.9. The van der Waals surface area contributed by atoms with Gasteiger partial charge in [-0.1, -0.05) is 101 Å². The molecule has 44 heteroatoms. The van der Waals surface area contributed by atoms with Crippen molar-refractivity contribution >= 4 is 165 Å². The van der Waals surface area contributed by atoms with Crippen LogP contribution in [-0.2, 0) is 97.9 Å². The molecule has 4 aliphatic heterocycles. The number of piperidine rings is 2. The van der Waals surface area contributed by atoms with E-state index in [2.05, 4.69) is 46.8 Å². The number of likely N-dealkylation sites (tertiary alicyclic amines) is 2. The van der Waals surface area contributed by atoms with Gasteiger partial charge in [0.2, 0.25) is 10.0 Å². The summed E-state index contributed by atoms with van der Waals surface area (Å²) in [5.74, 6) is -2.91. The van der Waals surface area contributed by atoms with Crippen LogP contribution in [0.3, 0.4) is 0 Å². The first kappa shape index (κ1) is 106. The van der Waals surface area contributed by atoms with Gasteiger partial charge < -0.3 is 47.4 Å². The Morgan fingerprint density at radius 3 is 1.05 bits per heavy atom. The van der Waals surface area contributed by atoms with Gasteiger partial charge in [0.15, 0.2) is 0 Å². The number of hydrogen-bond acceptors (Lipinski definition) is 16. The summed E-state index contributed by atoms with van der Waals surface area (Å²) in [5, 5.41) is 3.73. The lowest BCUT2D eigenvalue weighted by Crippen LogP contribution is -2.50. The highest BCUT2D eigenvalue weighted by atomic mass is 35.5. The molecule has 0 spiro atoms. The van der Waals surface area contributed by atoms with E-state index in [9.17, 15) is 80.7 Å². The summed E-state index contributed by atoms with van der Waals surface area (Å²) in [6, 6.07) is 11.6. The number of amides is 4. The van der Waals surface area contributed by atoms with Crippen LogP contribution in [0, 0.1) is 52.4 Å². The molecule has 25 nitrogen and oxygen atoms in total. The minimum absolute atomic E-state index is 0.0596. The number of aryl methyl sites for hydroxylation is 9. The topological polar surface area (TPSA) is 268 Å². The third kappa shape index (κ3) is 23.4. The number of sulfonamides is 1. The molecule has 744 valence electrons. The number of Topliss-reactive ketones (excluding diaryl/α,β-unsaturated/α-hetero) is 1. The Bertz CT molecular complexity index is 6920. The highest BCUT2D eigenvalue weighted by Crippen LogP contribution is 2.42. The van der Waals surface area contributed by atoms with E-state index >= 15 is 0 Å². The molecule has 0 bridgehead atoms. The molecule has 12 aromatic rings. The minimum atomic E-state index is -4.58. The van der Waals surface area contributed by atoms with Gasteiger partial charge in [-0.2, -0.15) is 52.6 Å². The van der Waals surface area contributed by atoms with Crippen molar-refractivity contribution in [1.29, 1.82) is 0 Å². The molecule has 0 saturated carbocycles. The van der Waals surface area contributed by atoms with E-state index in [1.807, 2.05) is 30.9 Å². The number of carbonyl (C=O) groups is 5. The van der Waals surface area contributed by atoms with E-state index in [4.69, 9.17) is 85.9 Å². The third-order valence-electron chi connectivity index (χ3n) is 26.1. The normalized spacial score (nSPS) is 16.1. The summed E-state index contributed by atoms with van der Waals surface area (Å²) < 4.78 is 184. The van der Waals surface area contributed by atoms with E-state index < -0.39 is 57.5 Å². The first-order valence-corrected chi connectivity index (χ1v) is 48.8. The first-order chi connectivity index (χ1) is 65.0. The zero-order chi connectivity index (χ0) is 102. The van der Waals surface area contributed by atoms with Gasteiger partial charge in [0.1, 0.15) is 66.6 Å².